The molecule has 108 heavy (non-hydrogen) atoms. The molecule has 8 N–H and O–H groups in total. The third-order valence-electron chi connectivity index (χ3n) is 18.4. The molecule has 23 heteroatoms. The lowest BCUT2D eigenvalue weighted by atomic mass is 9.77. The van der Waals surface area contributed by atoms with Gasteiger partial charge in [0, 0.05) is 88.8 Å². The normalized spacial score (nSPS) is 12.5. The van der Waals surface area contributed by atoms with Crippen molar-refractivity contribution in [3.8, 4) is 56.3 Å². The monoisotopic (exact) mass is 1620 g/mol. The Kier molecular flexibility index (Phi) is 26.1. The van der Waals surface area contributed by atoms with E-state index in [-0.39, 0.29) is 36.2 Å². The fraction of sp³-hybridized carbons (Fsp3) is 0.188. The van der Waals surface area contributed by atoms with E-state index in [1.807, 2.05) is 152 Å². The molecule has 15 aromatic rings. The molecule has 0 saturated carbocycles. The van der Waals surface area contributed by atoms with Crippen LogP contribution in [-0.4, -0.2) is 83.8 Å². The van der Waals surface area contributed by atoms with Crippen molar-refractivity contribution in [2.24, 2.45) is 0 Å². The number of nitrogens with two attached hydrogens (primary N) is 4. The van der Waals surface area contributed by atoms with Gasteiger partial charge in [-0.15, -0.1) is 30.6 Å². The zero-order chi connectivity index (χ0) is 76.5. The first-order valence-electron chi connectivity index (χ1n) is 35.6. The first-order valence-corrected chi connectivity index (χ1v) is 37.9. The highest BCUT2D eigenvalue weighted by atomic mass is 79.9. The topological polar surface area (TPSA) is 290 Å². The Morgan fingerprint density at radius 1 is 0.324 bits per heavy atom. The van der Waals surface area contributed by atoms with Crippen LogP contribution in [0.2, 0.25) is 0 Å². The van der Waals surface area contributed by atoms with Crippen LogP contribution in [0, 0.1) is 0 Å². The van der Waals surface area contributed by atoms with E-state index in [4.69, 9.17) is 32.2 Å². The summed E-state index contributed by atoms with van der Waals surface area (Å²) in [5.41, 5.74) is 42.8. The number of halogens is 3. The van der Waals surface area contributed by atoms with Crippen molar-refractivity contribution in [3.63, 3.8) is 0 Å². The van der Waals surface area contributed by atoms with Crippen molar-refractivity contribution >= 4 is 128 Å². The molecule has 8 heterocycles. The molecule has 19 nitrogen and oxygen atoms in total. The van der Waals surface area contributed by atoms with Crippen LogP contribution in [-0.2, 0) is 41.4 Å². The van der Waals surface area contributed by atoms with E-state index in [9.17, 15) is 0 Å². The molecule has 1 fully saturated rings. The Hall–Kier alpha value is -10.9. The average molecular weight is 1630 g/mol. The second-order valence-corrected chi connectivity index (χ2v) is 28.7. The Morgan fingerprint density at radius 3 is 1.08 bits per heavy atom. The Balaban J connectivity index is 0.000000133. The molecule has 1 saturated heterocycles. The Labute approximate surface area is 654 Å². The van der Waals surface area contributed by atoms with Crippen LogP contribution in [0.3, 0.4) is 0 Å². The van der Waals surface area contributed by atoms with Crippen LogP contribution in [0.5, 0.6) is 0 Å². The van der Waals surface area contributed by atoms with Gasteiger partial charge in [0.1, 0.15) is 28.5 Å². The number of pyridine rings is 4. The van der Waals surface area contributed by atoms with Crippen molar-refractivity contribution in [1.82, 2.24) is 65.5 Å². The zero-order valence-electron chi connectivity index (χ0n) is 61.6. The summed E-state index contributed by atoms with van der Waals surface area (Å²) in [6.07, 6.45) is 12.1. The molecule has 0 amide bonds. The summed E-state index contributed by atoms with van der Waals surface area (Å²) in [7, 11) is -0.315. The lowest BCUT2D eigenvalue weighted by Crippen LogP contribution is -2.41. The molecule has 544 valence electrons. The van der Waals surface area contributed by atoms with Crippen molar-refractivity contribution in [3.05, 3.63) is 272 Å². The third kappa shape index (κ3) is 19.1. The van der Waals surface area contributed by atoms with Crippen LogP contribution in [0.15, 0.2) is 245 Å². The average Bonchev–Trinajstić information content (AvgIpc) is 1.56. The number of hydrogen-bond donors (Lipinski definition) is 4. The SMILES string of the molecule is CCc1cc(-c2nnc(N)nc2-c2ccccc2)cc2cccnc12.CCc1cc(-c2nnc(N)nc2-c2ccccc2)cc2cccnc12.CCc1cc(B2OC(C)(C)C(C)(C)O2)cc2cccnc12.CCc1cc(Br)cc2cccnc12.CCc1cc(Br)ccc1N.Nc1nnc(Br)c(-c2ccccc2)n1. The number of hydrogen-bond acceptors (Lipinski definition) is 19. The minimum absolute atomic E-state index is 0.167. The van der Waals surface area contributed by atoms with E-state index in [0.29, 0.717) is 10.3 Å². The van der Waals surface area contributed by atoms with E-state index in [0.717, 1.165) is 141 Å². The van der Waals surface area contributed by atoms with Gasteiger partial charge in [-0.1, -0.05) is 194 Å². The van der Waals surface area contributed by atoms with Gasteiger partial charge in [0.05, 0.1) is 33.3 Å². The lowest BCUT2D eigenvalue weighted by molar-refractivity contribution is 0.00578. The predicted molar refractivity (Wildman–Crippen MR) is 451 cm³/mol. The van der Waals surface area contributed by atoms with Crippen molar-refractivity contribution in [1.29, 1.82) is 0 Å². The molecular weight excluding hydrogens is 1540 g/mol. The standard InChI is InChI=1S/2C20H17N5.C17H22BNO2.C11H10BrN.C9H7BrN4.C8H10BrN/c2*1-2-13-11-16(12-15-9-6-10-22-17(13)15)19-18(23-20(21)25-24-19)14-7-4-3-5-8-14;1-6-12-10-14(11-13-8-7-9-19-15(12)13)18-20-16(2,3)17(4,5)21-18;1-2-8-6-10(12)7-9-4-3-5-13-11(8)9;10-8-7(12-9(11)14-13-8)6-4-2-1-3-5-6;1-2-6-5-7(9)3-4-8(6)10/h2*3-12H,2H2,1H3,(H2,21,23,25);7-11H,6H2,1-5H3;3-7H,2H2,1H3;1-5H,(H2,11,12,14);3-5H,2,10H2,1H3. The van der Waals surface area contributed by atoms with Gasteiger partial charge in [0.25, 0.3) is 0 Å². The number of rotatable bonds is 11. The van der Waals surface area contributed by atoms with Crippen molar-refractivity contribution in [2.75, 3.05) is 22.9 Å². The van der Waals surface area contributed by atoms with Gasteiger partial charge in [-0.25, -0.2) is 15.0 Å². The summed E-state index contributed by atoms with van der Waals surface area (Å²) in [6, 6.07) is 68.4. The van der Waals surface area contributed by atoms with E-state index in [2.05, 4.69) is 254 Å². The number of anilines is 4. The van der Waals surface area contributed by atoms with Crippen molar-refractivity contribution in [2.45, 2.75) is 106 Å². The Morgan fingerprint density at radius 2 is 0.676 bits per heavy atom. The Bertz CT molecular complexity index is 5410. The largest absolute Gasteiger partial charge is 0.494 e. The van der Waals surface area contributed by atoms with Crippen LogP contribution in [0.1, 0.15) is 90.1 Å². The maximum Gasteiger partial charge on any atom is 0.494 e. The molecule has 0 unspecified atom stereocenters. The minimum Gasteiger partial charge on any atom is -0.399 e. The molecule has 0 spiro atoms. The highest BCUT2D eigenvalue weighted by Gasteiger charge is 2.52. The molecule has 0 aliphatic carbocycles. The quantitative estimate of drug-likeness (QED) is 0.0691. The van der Waals surface area contributed by atoms with E-state index in [1.165, 1.54) is 33.2 Å². The number of aromatic nitrogens is 13. The van der Waals surface area contributed by atoms with Gasteiger partial charge in [0.2, 0.25) is 17.8 Å². The molecular formula is C85H83BBr3N17O2. The fourth-order valence-electron chi connectivity index (χ4n) is 12.2. The molecule has 0 radical (unpaired) electrons. The minimum atomic E-state index is -0.315. The summed E-state index contributed by atoms with van der Waals surface area (Å²) in [5, 5.41) is 28.6. The molecule has 0 atom stereocenters. The number of benzene rings is 8. The van der Waals surface area contributed by atoms with Crippen LogP contribution in [0.4, 0.5) is 23.5 Å². The number of nitrogen functional groups attached to an aromatic ring is 4. The second-order valence-electron chi connectivity index (χ2n) is 26.2. The maximum absolute atomic E-state index is 6.16. The zero-order valence-corrected chi connectivity index (χ0v) is 66.4. The molecule has 16 rings (SSSR count). The first-order chi connectivity index (χ1) is 52.2. The van der Waals surface area contributed by atoms with Gasteiger partial charge in [-0.2, -0.15) is 0 Å². The van der Waals surface area contributed by atoms with Gasteiger partial charge >= 0.3 is 7.12 Å². The predicted octanol–water partition coefficient (Wildman–Crippen LogP) is 18.9. The van der Waals surface area contributed by atoms with Crippen LogP contribution >= 0.6 is 47.8 Å². The number of fused-ring (bicyclic) bond motifs is 4. The van der Waals surface area contributed by atoms with Gasteiger partial charge in [-0.3, -0.25) is 19.9 Å². The molecule has 1 aliphatic heterocycles. The summed E-state index contributed by atoms with van der Waals surface area (Å²) < 4.78 is 15.1. The molecule has 1 aliphatic rings. The molecule has 7 aromatic heterocycles. The summed E-state index contributed by atoms with van der Waals surface area (Å²) >= 11 is 10.2. The first kappa shape index (κ1) is 78.1. The summed E-state index contributed by atoms with van der Waals surface area (Å²) in [6.45, 7) is 19.0. The van der Waals surface area contributed by atoms with E-state index < -0.39 is 0 Å². The lowest BCUT2D eigenvalue weighted by Gasteiger charge is -2.32. The van der Waals surface area contributed by atoms with E-state index >= 15 is 0 Å². The van der Waals surface area contributed by atoms with E-state index in [1.54, 1.807) is 0 Å². The highest BCUT2D eigenvalue weighted by molar-refractivity contribution is 9.11. The summed E-state index contributed by atoms with van der Waals surface area (Å²) in [5.74, 6) is 0.508. The van der Waals surface area contributed by atoms with Gasteiger partial charge in [-0.05, 0) is 188 Å². The third-order valence-corrected chi connectivity index (χ3v) is 19.9. The molecule has 0 bridgehead atoms. The number of aryl methyl sites for hydroxylation is 5. The fourth-order valence-corrected chi connectivity index (χ4v) is 13.5. The summed E-state index contributed by atoms with van der Waals surface area (Å²) in [4.78, 5) is 30.9. The van der Waals surface area contributed by atoms with Gasteiger partial charge < -0.3 is 32.2 Å². The van der Waals surface area contributed by atoms with Gasteiger partial charge in [0.15, 0.2) is 4.60 Å². The highest BCUT2D eigenvalue weighted by Crippen LogP contribution is 2.38. The smallest absolute Gasteiger partial charge is 0.399 e. The van der Waals surface area contributed by atoms with Crippen molar-refractivity contribution < 1.29 is 9.31 Å². The second kappa shape index (κ2) is 36.1. The number of nitrogens with zero attached hydrogens (tertiary/aromatic N) is 13. The maximum atomic E-state index is 6.16. The molecule has 8 aromatic carbocycles. The van der Waals surface area contributed by atoms with Crippen LogP contribution < -0.4 is 28.4 Å². The van der Waals surface area contributed by atoms with Crippen LogP contribution in [0.25, 0.3) is 99.9 Å².